The SMILES string of the molecule is CN(C)CCNC(=O)C1C2C=CC(CC2)C1C(=O)O. The van der Waals surface area contributed by atoms with E-state index in [1.54, 1.807) is 0 Å². The number of carboxylic acid groups (broad SMARTS) is 1. The molecule has 3 rings (SSSR count). The van der Waals surface area contributed by atoms with E-state index in [1.165, 1.54) is 0 Å². The quantitative estimate of drug-likeness (QED) is 0.714. The van der Waals surface area contributed by atoms with E-state index in [9.17, 15) is 14.7 Å². The first-order valence-electron chi connectivity index (χ1n) is 6.84. The Labute approximate surface area is 113 Å². The van der Waals surface area contributed by atoms with Crippen LogP contribution in [0.2, 0.25) is 0 Å². The van der Waals surface area contributed by atoms with Gasteiger partial charge in [-0.2, -0.15) is 0 Å². The Balaban J connectivity index is 2.02. The first-order valence-corrected chi connectivity index (χ1v) is 6.84. The van der Waals surface area contributed by atoms with Gasteiger partial charge in [0.25, 0.3) is 0 Å². The molecule has 0 aromatic heterocycles. The van der Waals surface area contributed by atoms with Crippen molar-refractivity contribution in [2.45, 2.75) is 12.8 Å². The fourth-order valence-corrected chi connectivity index (χ4v) is 3.21. The second kappa shape index (κ2) is 5.74. The zero-order valence-corrected chi connectivity index (χ0v) is 11.5. The molecular formula is C14H22N2O3. The molecule has 3 aliphatic carbocycles. The number of hydrogen-bond donors (Lipinski definition) is 2. The van der Waals surface area contributed by atoms with E-state index in [2.05, 4.69) is 5.32 Å². The van der Waals surface area contributed by atoms with Crippen LogP contribution in [0.5, 0.6) is 0 Å². The monoisotopic (exact) mass is 266 g/mol. The van der Waals surface area contributed by atoms with Gasteiger partial charge in [0.2, 0.25) is 5.91 Å². The van der Waals surface area contributed by atoms with Crippen molar-refractivity contribution >= 4 is 11.9 Å². The van der Waals surface area contributed by atoms with Crippen molar-refractivity contribution in [3.05, 3.63) is 12.2 Å². The lowest BCUT2D eigenvalue weighted by molar-refractivity contribution is -0.152. The van der Waals surface area contributed by atoms with Crippen molar-refractivity contribution in [2.24, 2.45) is 23.7 Å². The van der Waals surface area contributed by atoms with Gasteiger partial charge in [0.05, 0.1) is 11.8 Å². The Kier molecular flexibility index (Phi) is 4.24. The highest BCUT2D eigenvalue weighted by atomic mass is 16.4. The van der Waals surface area contributed by atoms with Crippen molar-refractivity contribution in [3.63, 3.8) is 0 Å². The molecule has 1 amide bonds. The summed E-state index contributed by atoms with van der Waals surface area (Å²) in [4.78, 5) is 25.7. The molecule has 3 aliphatic rings. The van der Waals surface area contributed by atoms with Gasteiger partial charge in [-0.05, 0) is 38.8 Å². The van der Waals surface area contributed by atoms with Gasteiger partial charge in [-0.15, -0.1) is 0 Å². The van der Waals surface area contributed by atoms with E-state index in [0.717, 1.165) is 19.4 Å². The molecule has 19 heavy (non-hydrogen) atoms. The van der Waals surface area contributed by atoms with Gasteiger partial charge in [-0.3, -0.25) is 9.59 Å². The average molecular weight is 266 g/mol. The summed E-state index contributed by atoms with van der Waals surface area (Å²) in [6, 6.07) is 0. The minimum atomic E-state index is -0.841. The molecule has 2 N–H and O–H groups in total. The molecule has 1 fully saturated rings. The van der Waals surface area contributed by atoms with Crippen molar-refractivity contribution < 1.29 is 14.7 Å². The second-order valence-corrected chi connectivity index (χ2v) is 5.77. The molecule has 2 bridgehead atoms. The van der Waals surface area contributed by atoms with Crippen LogP contribution >= 0.6 is 0 Å². The number of carboxylic acids is 1. The minimum Gasteiger partial charge on any atom is -0.481 e. The Bertz CT molecular complexity index is 392. The van der Waals surface area contributed by atoms with E-state index >= 15 is 0 Å². The van der Waals surface area contributed by atoms with Crippen LogP contribution in [0, 0.1) is 23.7 Å². The van der Waals surface area contributed by atoms with Gasteiger partial charge in [0.1, 0.15) is 0 Å². The standard InChI is InChI=1S/C14H22N2O3/c1-16(2)8-7-15-13(17)11-9-3-5-10(6-4-9)12(11)14(18)19/h3,5,9-12H,4,6-8H2,1-2H3,(H,15,17)(H,18,19). The number of nitrogens with zero attached hydrogens (tertiary/aromatic N) is 1. The number of carbonyl (C=O) groups is 2. The number of allylic oxidation sites excluding steroid dienone is 2. The van der Waals surface area contributed by atoms with Crippen LogP contribution in [0.1, 0.15) is 12.8 Å². The van der Waals surface area contributed by atoms with Gasteiger partial charge >= 0.3 is 5.97 Å². The molecule has 0 radical (unpaired) electrons. The van der Waals surface area contributed by atoms with E-state index in [-0.39, 0.29) is 17.7 Å². The number of likely N-dealkylation sites (N-methyl/N-ethyl adjacent to an activating group) is 1. The smallest absolute Gasteiger partial charge is 0.307 e. The van der Waals surface area contributed by atoms with Crippen LogP contribution in [-0.4, -0.2) is 49.1 Å². The summed E-state index contributed by atoms with van der Waals surface area (Å²) in [6.45, 7) is 1.33. The summed E-state index contributed by atoms with van der Waals surface area (Å²) in [6.07, 6.45) is 5.83. The molecule has 0 aromatic rings. The third kappa shape index (κ3) is 2.97. The van der Waals surface area contributed by atoms with Crippen LogP contribution in [0.15, 0.2) is 12.2 Å². The van der Waals surface area contributed by atoms with Gasteiger partial charge < -0.3 is 15.3 Å². The van der Waals surface area contributed by atoms with Crippen molar-refractivity contribution in [1.29, 1.82) is 0 Å². The molecule has 0 heterocycles. The number of aliphatic carboxylic acids is 1. The molecule has 106 valence electrons. The number of amides is 1. The molecule has 4 atom stereocenters. The Morgan fingerprint density at radius 3 is 2.26 bits per heavy atom. The van der Waals surface area contributed by atoms with Crippen molar-refractivity contribution in [1.82, 2.24) is 10.2 Å². The highest BCUT2D eigenvalue weighted by Gasteiger charge is 2.47. The third-order valence-electron chi connectivity index (χ3n) is 4.19. The first kappa shape index (κ1) is 14.1. The minimum absolute atomic E-state index is 0.0205. The van der Waals surface area contributed by atoms with Crippen molar-refractivity contribution in [2.75, 3.05) is 27.2 Å². The van der Waals surface area contributed by atoms with Gasteiger partial charge in [-0.1, -0.05) is 12.2 Å². The maximum absolute atomic E-state index is 12.3. The third-order valence-corrected chi connectivity index (χ3v) is 4.19. The van der Waals surface area contributed by atoms with Gasteiger partial charge in [0, 0.05) is 13.1 Å². The maximum Gasteiger partial charge on any atom is 0.307 e. The van der Waals surface area contributed by atoms with Crippen LogP contribution in [-0.2, 0) is 9.59 Å². The zero-order valence-electron chi connectivity index (χ0n) is 11.5. The normalized spacial score (nSPS) is 32.6. The number of carbonyl (C=O) groups excluding carboxylic acids is 1. The second-order valence-electron chi connectivity index (χ2n) is 5.77. The summed E-state index contributed by atoms with van der Waals surface area (Å²) in [5.74, 6) is -1.79. The Morgan fingerprint density at radius 1 is 1.21 bits per heavy atom. The van der Waals surface area contributed by atoms with Crippen LogP contribution in [0.25, 0.3) is 0 Å². The summed E-state index contributed by atoms with van der Waals surface area (Å²) in [5, 5.41) is 12.2. The Hall–Kier alpha value is -1.36. The van der Waals surface area contributed by atoms with E-state index in [4.69, 9.17) is 0 Å². The highest BCUT2D eigenvalue weighted by molar-refractivity contribution is 5.86. The largest absolute Gasteiger partial charge is 0.481 e. The molecule has 5 nitrogen and oxygen atoms in total. The number of hydrogen-bond acceptors (Lipinski definition) is 3. The maximum atomic E-state index is 12.3. The fourth-order valence-electron chi connectivity index (χ4n) is 3.21. The molecule has 0 saturated heterocycles. The zero-order chi connectivity index (χ0) is 14.0. The Morgan fingerprint density at radius 2 is 1.79 bits per heavy atom. The predicted molar refractivity (Wildman–Crippen MR) is 71.5 cm³/mol. The predicted octanol–water partition coefficient (Wildman–Crippen LogP) is 0.577. The van der Waals surface area contributed by atoms with Crippen LogP contribution < -0.4 is 5.32 Å². The molecular weight excluding hydrogens is 244 g/mol. The van der Waals surface area contributed by atoms with Gasteiger partial charge in [0.15, 0.2) is 0 Å². The molecule has 0 aliphatic heterocycles. The lowest BCUT2D eigenvalue weighted by atomic mass is 9.62. The number of rotatable bonds is 5. The summed E-state index contributed by atoms with van der Waals surface area (Å²) < 4.78 is 0. The summed E-state index contributed by atoms with van der Waals surface area (Å²) in [5.41, 5.74) is 0. The van der Waals surface area contributed by atoms with E-state index < -0.39 is 17.8 Å². The van der Waals surface area contributed by atoms with Crippen LogP contribution in [0.3, 0.4) is 0 Å². The molecule has 0 aromatic carbocycles. The lowest BCUT2D eigenvalue weighted by Gasteiger charge is -2.41. The van der Waals surface area contributed by atoms with Crippen LogP contribution in [0.4, 0.5) is 0 Å². The number of fused-ring (bicyclic) bond motifs is 2. The van der Waals surface area contributed by atoms with Crippen molar-refractivity contribution in [3.8, 4) is 0 Å². The molecule has 4 unspecified atom stereocenters. The summed E-state index contributed by atoms with van der Waals surface area (Å²) >= 11 is 0. The topological polar surface area (TPSA) is 69.6 Å². The molecule has 5 heteroatoms. The molecule has 0 spiro atoms. The lowest BCUT2D eigenvalue weighted by Crippen LogP contribution is -2.49. The number of nitrogens with one attached hydrogen (secondary N) is 1. The van der Waals surface area contributed by atoms with E-state index in [1.807, 2.05) is 31.1 Å². The summed E-state index contributed by atoms with van der Waals surface area (Å²) in [7, 11) is 3.88. The van der Waals surface area contributed by atoms with Gasteiger partial charge in [-0.25, -0.2) is 0 Å². The molecule has 1 saturated carbocycles. The first-order chi connectivity index (χ1) is 9.00. The average Bonchev–Trinajstić information content (AvgIpc) is 2.38. The van der Waals surface area contributed by atoms with E-state index in [0.29, 0.717) is 6.54 Å². The highest BCUT2D eigenvalue weighted by Crippen LogP contribution is 2.44. The fraction of sp³-hybridized carbons (Fsp3) is 0.714.